The summed E-state index contributed by atoms with van der Waals surface area (Å²) in [5.74, 6) is 1.33. The first-order valence-corrected chi connectivity index (χ1v) is 13.1. The second-order valence-electron chi connectivity index (χ2n) is 6.60. The summed E-state index contributed by atoms with van der Waals surface area (Å²) < 4.78 is 39.9. The lowest BCUT2D eigenvalue weighted by Gasteiger charge is -2.19. The smallest absolute Gasteiger partial charge is 0.320 e. The van der Waals surface area contributed by atoms with Gasteiger partial charge in [0.15, 0.2) is 0 Å². The predicted octanol–water partition coefficient (Wildman–Crippen LogP) is 7.54. The second kappa shape index (κ2) is 9.63. The highest BCUT2D eigenvalue weighted by molar-refractivity contribution is 9.10. The molecular weight excluding hydrogens is 561 g/mol. The lowest BCUT2D eigenvalue weighted by Crippen LogP contribution is -2.14. The number of thioether (sulfide) groups is 1. The van der Waals surface area contributed by atoms with Gasteiger partial charge in [-0.3, -0.25) is 4.57 Å². The van der Waals surface area contributed by atoms with E-state index in [1.54, 1.807) is 11.8 Å². The Morgan fingerprint density at radius 1 is 0.833 bits per heavy atom. The van der Waals surface area contributed by atoms with Crippen molar-refractivity contribution in [1.82, 2.24) is 0 Å². The highest BCUT2D eigenvalue weighted by atomic mass is 79.9. The van der Waals surface area contributed by atoms with Gasteiger partial charge in [0, 0.05) is 26.0 Å². The SMILES string of the molecule is O=P(O)(O)C(F)(F)c1ccc(CSCc2ccc(-c3ccc(Br)cc3)cc2)cc1Br. The van der Waals surface area contributed by atoms with Gasteiger partial charge in [-0.25, -0.2) is 0 Å². The standard InChI is InChI=1S/C21H17Br2F2O3PS/c22-18-8-6-17(7-9-18)16-4-1-14(2-5-16)12-30-13-15-3-10-19(20(23)11-15)21(24,25)29(26,27)28/h1-11H,12-13H2,(H2,26,27,28). The molecule has 3 rings (SSSR count). The Hall–Kier alpha value is -1.02. The van der Waals surface area contributed by atoms with Gasteiger partial charge in [-0.05, 0) is 40.5 Å². The van der Waals surface area contributed by atoms with Crippen molar-refractivity contribution in [3.63, 3.8) is 0 Å². The van der Waals surface area contributed by atoms with Crippen molar-refractivity contribution >= 4 is 51.2 Å². The minimum absolute atomic E-state index is 0.0206. The number of rotatable bonds is 7. The molecule has 0 aromatic heterocycles. The molecule has 30 heavy (non-hydrogen) atoms. The van der Waals surface area contributed by atoms with E-state index in [0.717, 1.165) is 38.5 Å². The third-order valence-corrected chi connectivity index (χ3v) is 7.62. The largest absolute Gasteiger partial charge is 0.399 e. The van der Waals surface area contributed by atoms with Crippen LogP contribution in [0.25, 0.3) is 11.1 Å². The lowest BCUT2D eigenvalue weighted by molar-refractivity contribution is 0.0557. The summed E-state index contributed by atoms with van der Waals surface area (Å²) in [7, 11) is -5.59. The molecule has 0 aliphatic heterocycles. The van der Waals surface area contributed by atoms with E-state index >= 15 is 0 Å². The molecule has 0 radical (unpaired) electrons. The van der Waals surface area contributed by atoms with Crippen LogP contribution < -0.4 is 0 Å². The van der Waals surface area contributed by atoms with Crippen LogP contribution in [0.4, 0.5) is 8.78 Å². The van der Waals surface area contributed by atoms with Crippen LogP contribution in [0.5, 0.6) is 0 Å². The highest BCUT2D eigenvalue weighted by Crippen LogP contribution is 2.60. The van der Waals surface area contributed by atoms with Crippen molar-refractivity contribution in [2.45, 2.75) is 17.2 Å². The van der Waals surface area contributed by atoms with E-state index < -0.39 is 18.8 Å². The summed E-state index contributed by atoms with van der Waals surface area (Å²) in [6.07, 6.45) is 0. The van der Waals surface area contributed by atoms with Gasteiger partial charge >= 0.3 is 13.3 Å². The first kappa shape index (κ1) is 23.6. The van der Waals surface area contributed by atoms with Crippen molar-refractivity contribution < 1.29 is 23.1 Å². The minimum atomic E-state index is -5.59. The van der Waals surface area contributed by atoms with Crippen LogP contribution in [0.1, 0.15) is 16.7 Å². The van der Waals surface area contributed by atoms with Crippen LogP contribution in [0.2, 0.25) is 0 Å². The minimum Gasteiger partial charge on any atom is -0.320 e. The quantitative estimate of drug-likeness (QED) is 0.285. The van der Waals surface area contributed by atoms with Gasteiger partial charge < -0.3 is 9.79 Å². The molecule has 0 aliphatic carbocycles. The highest BCUT2D eigenvalue weighted by Gasteiger charge is 2.51. The third kappa shape index (κ3) is 5.61. The summed E-state index contributed by atoms with van der Waals surface area (Å²) in [6.45, 7) is 0. The summed E-state index contributed by atoms with van der Waals surface area (Å²) in [4.78, 5) is 17.8. The molecular formula is C21H17Br2F2O3PS. The maximum absolute atomic E-state index is 13.9. The molecule has 158 valence electrons. The lowest BCUT2D eigenvalue weighted by atomic mass is 10.0. The average Bonchev–Trinajstić information content (AvgIpc) is 2.68. The molecule has 9 heteroatoms. The Bertz CT molecular complexity index is 1070. The Labute approximate surface area is 194 Å². The number of hydrogen-bond acceptors (Lipinski definition) is 2. The van der Waals surface area contributed by atoms with Crippen molar-refractivity contribution in [1.29, 1.82) is 0 Å². The van der Waals surface area contributed by atoms with Crippen LogP contribution >= 0.6 is 51.2 Å². The molecule has 3 aromatic carbocycles. The molecule has 0 aliphatic rings. The van der Waals surface area contributed by atoms with Gasteiger partial charge in [0.05, 0.1) is 0 Å². The van der Waals surface area contributed by atoms with Gasteiger partial charge in [-0.2, -0.15) is 20.5 Å². The van der Waals surface area contributed by atoms with Gasteiger partial charge in [0.25, 0.3) is 0 Å². The molecule has 0 spiro atoms. The van der Waals surface area contributed by atoms with Gasteiger partial charge in [0.1, 0.15) is 0 Å². The van der Waals surface area contributed by atoms with Crippen LogP contribution in [-0.4, -0.2) is 9.79 Å². The molecule has 0 unspecified atom stereocenters. The molecule has 2 N–H and O–H groups in total. The Kier molecular flexibility index (Phi) is 7.59. The Morgan fingerprint density at radius 3 is 1.87 bits per heavy atom. The first-order valence-electron chi connectivity index (χ1n) is 8.73. The summed E-state index contributed by atoms with van der Waals surface area (Å²) in [6, 6.07) is 20.3. The zero-order valence-electron chi connectivity index (χ0n) is 15.4. The normalized spacial score (nSPS) is 12.2. The van der Waals surface area contributed by atoms with Crippen LogP contribution in [-0.2, 0) is 21.7 Å². The summed E-state index contributed by atoms with van der Waals surface area (Å²) >= 11 is 8.06. The first-order chi connectivity index (χ1) is 14.1. The average molecular weight is 578 g/mol. The molecule has 0 amide bonds. The van der Waals surface area contributed by atoms with Crippen molar-refractivity contribution in [2.75, 3.05) is 0 Å². The van der Waals surface area contributed by atoms with Gasteiger partial charge in [-0.15, -0.1) is 0 Å². The van der Waals surface area contributed by atoms with Crippen LogP contribution in [0.3, 0.4) is 0 Å². The second-order valence-corrected chi connectivity index (χ2v) is 11.0. The van der Waals surface area contributed by atoms with Crippen LogP contribution in [0, 0.1) is 0 Å². The number of alkyl halides is 2. The number of halogens is 4. The van der Waals surface area contributed by atoms with E-state index in [0.29, 0.717) is 5.75 Å². The maximum atomic E-state index is 13.9. The molecule has 3 nitrogen and oxygen atoms in total. The Balaban J connectivity index is 1.61. The molecule has 0 bridgehead atoms. The molecule has 0 heterocycles. The van der Waals surface area contributed by atoms with Crippen molar-refractivity contribution in [2.24, 2.45) is 0 Å². The van der Waals surface area contributed by atoms with Crippen molar-refractivity contribution in [3.05, 3.63) is 92.4 Å². The third-order valence-electron chi connectivity index (χ3n) is 4.39. The van der Waals surface area contributed by atoms with Gasteiger partial charge in [0.2, 0.25) is 0 Å². The Morgan fingerprint density at radius 2 is 1.33 bits per heavy atom. The fourth-order valence-corrected chi connectivity index (χ4v) is 5.32. The van der Waals surface area contributed by atoms with E-state index in [-0.39, 0.29) is 4.47 Å². The molecule has 0 saturated carbocycles. The van der Waals surface area contributed by atoms with Crippen LogP contribution in [0.15, 0.2) is 75.7 Å². The molecule has 0 fully saturated rings. The maximum Gasteiger partial charge on any atom is 0.399 e. The summed E-state index contributed by atoms with van der Waals surface area (Å²) in [5, 5.41) is 0. The fourth-order valence-electron chi connectivity index (χ4n) is 2.77. The number of hydrogen-bond donors (Lipinski definition) is 2. The zero-order chi connectivity index (χ0) is 21.9. The van der Waals surface area contributed by atoms with Gasteiger partial charge in [-0.1, -0.05) is 80.4 Å². The van der Waals surface area contributed by atoms with E-state index in [4.69, 9.17) is 9.79 Å². The molecule has 3 aromatic rings. The zero-order valence-corrected chi connectivity index (χ0v) is 20.3. The van der Waals surface area contributed by atoms with E-state index in [2.05, 4.69) is 56.1 Å². The van der Waals surface area contributed by atoms with E-state index in [1.807, 2.05) is 24.3 Å². The predicted molar refractivity (Wildman–Crippen MR) is 125 cm³/mol. The fraction of sp³-hybridized carbons (Fsp3) is 0.143. The monoisotopic (exact) mass is 576 g/mol. The number of benzene rings is 3. The molecule has 0 atom stereocenters. The van der Waals surface area contributed by atoms with E-state index in [9.17, 15) is 13.3 Å². The summed E-state index contributed by atoms with van der Waals surface area (Å²) in [5.41, 5.74) is -0.758. The topological polar surface area (TPSA) is 57.5 Å². The van der Waals surface area contributed by atoms with E-state index in [1.165, 1.54) is 12.1 Å². The molecule has 0 saturated heterocycles. The van der Waals surface area contributed by atoms with Crippen molar-refractivity contribution in [3.8, 4) is 11.1 Å².